The van der Waals surface area contributed by atoms with Crippen LogP contribution in [0.15, 0.2) is 18.2 Å². The van der Waals surface area contributed by atoms with Crippen LogP contribution in [0.2, 0.25) is 5.02 Å². The molecule has 1 saturated heterocycles. The summed E-state index contributed by atoms with van der Waals surface area (Å²) in [5.41, 5.74) is 0.146. The Morgan fingerprint density at radius 1 is 1.58 bits per heavy atom. The van der Waals surface area contributed by atoms with E-state index in [1.54, 1.807) is 4.90 Å². The molecule has 102 valence electrons. The van der Waals surface area contributed by atoms with Crippen LogP contribution in [0.4, 0.5) is 11.4 Å². The van der Waals surface area contributed by atoms with Crippen LogP contribution in [0.5, 0.6) is 0 Å². The second-order valence-electron chi connectivity index (χ2n) is 4.01. The Balaban J connectivity index is 2.46. The van der Waals surface area contributed by atoms with Crippen molar-refractivity contribution >= 4 is 40.7 Å². The number of thioether (sulfide) groups is 1. The van der Waals surface area contributed by atoms with Gasteiger partial charge in [-0.05, 0) is 12.1 Å². The van der Waals surface area contributed by atoms with Crippen molar-refractivity contribution in [2.24, 2.45) is 0 Å². The van der Waals surface area contributed by atoms with E-state index < -0.39 is 16.9 Å². The third-order valence-corrected chi connectivity index (χ3v) is 4.11. The number of nitro benzene ring substituents is 1. The lowest BCUT2D eigenvalue weighted by atomic mass is 10.2. The number of nitro groups is 1. The number of carboxylic acids is 1. The summed E-state index contributed by atoms with van der Waals surface area (Å²) in [6.45, 7) is 0.447. The molecule has 0 spiro atoms. The van der Waals surface area contributed by atoms with Gasteiger partial charge in [-0.25, -0.2) is 4.79 Å². The zero-order valence-corrected chi connectivity index (χ0v) is 11.4. The lowest BCUT2D eigenvalue weighted by Gasteiger charge is -2.34. The fourth-order valence-electron chi connectivity index (χ4n) is 1.98. The van der Waals surface area contributed by atoms with Crippen LogP contribution in [0.25, 0.3) is 0 Å². The van der Waals surface area contributed by atoms with Gasteiger partial charge in [0, 0.05) is 29.1 Å². The van der Waals surface area contributed by atoms with Gasteiger partial charge < -0.3 is 10.0 Å². The standard InChI is InChI=1S/C11H11ClN2O4S/c12-7-1-2-8(14(17)18)9(5-7)13-3-4-19-6-10(13)11(15)16/h1-2,5,10H,3-4,6H2,(H,15,16). The Bertz CT molecular complexity index is 525. The maximum Gasteiger partial charge on any atom is 0.327 e. The van der Waals surface area contributed by atoms with E-state index in [9.17, 15) is 20.0 Å². The van der Waals surface area contributed by atoms with Crippen LogP contribution in [0, 0.1) is 10.1 Å². The second kappa shape index (κ2) is 5.66. The lowest BCUT2D eigenvalue weighted by Crippen LogP contribution is -2.47. The summed E-state index contributed by atoms with van der Waals surface area (Å²) in [5, 5.41) is 20.6. The van der Waals surface area contributed by atoms with Crippen molar-refractivity contribution in [1.82, 2.24) is 0 Å². The molecule has 0 aromatic heterocycles. The fraction of sp³-hybridized carbons (Fsp3) is 0.364. The molecule has 6 nitrogen and oxygen atoms in total. The number of anilines is 1. The Morgan fingerprint density at radius 3 is 2.95 bits per heavy atom. The van der Waals surface area contributed by atoms with Crippen molar-refractivity contribution in [3.8, 4) is 0 Å². The Kier molecular flexibility index (Phi) is 4.16. The summed E-state index contributed by atoms with van der Waals surface area (Å²) in [6.07, 6.45) is 0. The molecule has 1 aromatic rings. The number of hydrogen-bond donors (Lipinski definition) is 1. The fourth-order valence-corrected chi connectivity index (χ4v) is 3.18. The number of rotatable bonds is 3. The number of carboxylic acid groups (broad SMARTS) is 1. The van der Waals surface area contributed by atoms with Gasteiger partial charge in [-0.15, -0.1) is 0 Å². The van der Waals surface area contributed by atoms with E-state index in [0.29, 0.717) is 17.3 Å². The maximum atomic E-state index is 11.2. The van der Waals surface area contributed by atoms with E-state index in [1.807, 2.05) is 0 Å². The largest absolute Gasteiger partial charge is 0.480 e. The average Bonchev–Trinajstić information content (AvgIpc) is 2.38. The van der Waals surface area contributed by atoms with Gasteiger partial charge in [0.25, 0.3) is 5.69 Å². The monoisotopic (exact) mass is 302 g/mol. The molecule has 1 fully saturated rings. The number of halogens is 1. The van der Waals surface area contributed by atoms with Gasteiger partial charge in [0.15, 0.2) is 0 Å². The molecule has 19 heavy (non-hydrogen) atoms. The molecule has 2 rings (SSSR count). The normalized spacial score (nSPS) is 19.2. The summed E-state index contributed by atoms with van der Waals surface area (Å²) < 4.78 is 0. The molecule has 1 heterocycles. The van der Waals surface area contributed by atoms with Crippen LogP contribution in [-0.2, 0) is 4.79 Å². The highest BCUT2D eigenvalue weighted by molar-refractivity contribution is 7.99. The topological polar surface area (TPSA) is 83.7 Å². The number of aliphatic carboxylic acids is 1. The molecule has 0 bridgehead atoms. The molecular formula is C11H11ClN2O4S. The molecule has 1 N–H and O–H groups in total. The van der Waals surface area contributed by atoms with E-state index in [4.69, 9.17) is 11.6 Å². The minimum Gasteiger partial charge on any atom is -0.480 e. The van der Waals surface area contributed by atoms with Crippen molar-refractivity contribution in [2.75, 3.05) is 23.0 Å². The minimum absolute atomic E-state index is 0.123. The van der Waals surface area contributed by atoms with Gasteiger partial charge >= 0.3 is 5.97 Å². The third kappa shape index (κ3) is 2.93. The van der Waals surface area contributed by atoms with Gasteiger partial charge in [0.05, 0.1) is 4.92 Å². The number of benzene rings is 1. The first-order valence-corrected chi connectivity index (χ1v) is 7.05. The predicted octanol–water partition coefficient (Wildman–Crippen LogP) is 2.25. The highest BCUT2D eigenvalue weighted by Gasteiger charge is 2.32. The van der Waals surface area contributed by atoms with Crippen molar-refractivity contribution in [1.29, 1.82) is 0 Å². The van der Waals surface area contributed by atoms with Crippen molar-refractivity contribution < 1.29 is 14.8 Å². The van der Waals surface area contributed by atoms with Gasteiger partial charge in [-0.3, -0.25) is 10.1 Å². The van der Waals surface area contributed by atoms with Crippen molar-refractivity contribution in [2.45, 2.75) is 6.04 Å². The van der Waals surface area contributed by atoms with Crippen LogP contribution >= 0.6 is 23.4 Å². The van der Waals surface area contributed by atoms with Crippen LogP contribution < -0.4 is 4.90 Å². The first-order chi connectivity index (χ1) is 9.00. The molecular weight excluding hydrogens is 292 g/mol. The number of carbonyl (C=O) groups is 1. The van der Waals surface area contributed by atoms with Crippen LogP contribution in [0.1, 0.15) is 0 Å². The minimum atomic E-state index is -0.985. The zero-order chi connectivity index (χ0) is 14.0. The summed E-state index contributed by atoms with van der Waals surface area (Å²) in [4.78, 5) is 23.3. The summed E-state index contributed by atoms with van der Waals surface area (Å²) in [7, 11) is 0. The highest BCUT2D eigenvalue weighted by Crippen LogP contribution is 2.34. The molecule has 0 amide bonds. The average molecular weight is 303 g/mol. The van der Waals surface area contributed by atoms with Gasteiger partial charge in [-0.1, -0.05) is 11.6 Å². The summed E-state index contributed by atoms with van der Waals surface area (Å²) in [6, 6.07) is 3.41. The first-order valence-electron chi connectivity index (χ1n) is 5.52. The Labute approximate surface area is 118 Å². The molecule has 0 radical (unpaired) electrons. The number of hydrogen-bond acceptors (Lipinski definition) is 5. The van der Waals surface area contributed by atoms with Crippen molar-refractivity contribution in [3.63, 3.8) is 0 Å². The first kappa shape index (κ1) is 14.0. The third-order valence-electron chi connectivity index (χ3n) is 2.86. The molecule has 1 aromatic carbocycles. The zero-order valence-electron chi connectivity index (χ0n) is 9.78. The summed E-state index contributed by atoms with van der Waals surface area (Å²) in [5.74, 6) is 0.147. The molecule has 1 aliphatic heterocycles. The van der Waals surface area contributed by atoms with E-state index in [0.717, 1.165) is 5.75 Å². The van der Waals surface area contributed by atoms with Crippen LogP contribution in [0.3, 0.4) is 0 Å². The van der Waals surface area contributed by atoms with E-state index in [-0.39, 0.29) is 11.4 Å². The molecule has 0 aliphatic carbocycles. The maximum absolute atomic E-state index is 11.2. The van der Waals surface area contributed by atoms with Gasteiger partial charge in [-0.2, -0.15) is 11.8 Å². The van der Waals surface area contributed by atoms with Gasteiger partial charge in [0.1, 0.15) is 11.7 Å². The molecule has 1 aliphatic rings. The van der Waals surface area contributed by atoms with E-state index in [1.165, 1.54) is 30.0 Å². The highest BCUT2D eigenvalue weighted by atomic mass is 35.5. The van der Waals surface area contributed by atoms with Crippen molar-refractivity contribution in [3.05, 3.63) is 33.3 Å². The lowest BCUT2D eigenvalue weighted by molar-refractivity contribution is -0.384. The van der Waals surface area contributed by atoms with Gasteiger partial charge in [0.2, 0.25) is 0 Å². The second-order valence-corrected chi connectivity index (χ2v) is 5.60. The summed E-state index contributed by atoms with van der Waals surface area (Å²) >= 11 is 7.39. The molecule has 1 atom stereocenters. The smallest absolute Gasteiger partial charge is 0.327 e. The quantitative estimate of drug-likeness (QED) is 0.681. The Morgan fingerprint density at radius 2 is 2.32 bits per heavy atom. The molecule has 8 heteroatoms. The SMILES string of the molecule is O=C(O)C1CSCCN1c1cc(Cl)ccc1[N+](=O)[O-]. The van der Waals surface area contributed by atoms with Crippen LogP contribution in [-0.4, -0.2) is 40.1 Å². The Hall–Kier alpha value is -1.47. The molecule has 1 unspecified atom stereocenters. The van der Waals surface area contributed by atoms with E-state index >= 15 is 0 Å². The number of nitrogens with zero attached hydrogens (tertiary/aromatic N) is 2. The molecule has 0 saturated carbocycles. The van der Waals surface area contributed by atoms with E-state index in [2.05, 4.69) is 0 Å². The predicted molar refractivity (Wildman–Crippen MR) is 74.2 cm³/mol.